The van der Waals surface area contributed by atoms with E-state index in [1.165, 1.54) is 6.92 Å². The molecule has 0 saturated heterocycles. The summed E-state index contributed by atoms with van der Waals surface area (Å²) in [7, 11) is 0. The number of aliphatic imine (C=N–C) groups is 1. The third-order valence-electron chi connectivity index (χ3n) is 4.63. The average Bonchev–Trinajstić information content (AvgIpc) is 2.75. The van der Waals surface area contributed by atoms with E-state index >= 15 is 0 Å². The fraction of sp³-hybridized carbons (Fsp3) is 0.632. The Hall–Kier alpha value is -3.95. The van der Waals surface area contributed by atoms with Gasteiger partial charge in [0, 0.05) is 19.4 Å². The first kappa shape index (κ1) is 31.0. The molecule has 0 fully saturated rings. The lowest BCUT2D eigenvalue weighted by molar-refractivity contribution is -0.143. The lowest BCUT2D eigenvalue weighted by Crippen LogP contribution is -2.56. The number of guanidine groups is 1. The van der Waals surface area contributed by atoms with Gasteiger partial charge in [-0.25, -0.2) is 4.79 Å². The standard InChI is InChI=1S/C19H34N8O8/c1-9(25-16(32)10(20)3-2-8-24-19(22)23)15(31)26-11(5-7-14(29)30)17(33)27-12(18(34)35)4-6-13(21)28/h9-12H,2-8,20H2,1H3,(H2,21,28)(H,25,32)(H,26,31)(H,27,33)(H,29,30)(H,34,35)(H4,22,23,24)/t9-,10-,11-,12-/m0/s1. The number of rotatable bonds is 17. The van der Waals surface area contributed by atoms with E-state index < -0.39 is 66.2 Å². The number of nitrogens with two attached hydrogens (primary N) is 4. The number of carbonyl (C=O) groups is 6. The van der Waals surface area contributed by atoms with Crippen LogP contribution in [-0.4, -0.2) is 82.5 Å². The van der Waals surface area contributed by atoms with E-state index in [1.807, 2.05) is 0 Å². The molecule has 35 heavy (non-hydrogen) atoms. The summed E-state index contributed by atoms with van der Waals surface area (Å²) >= 11 is 0. The van der Waals surface area contributed by atoms with Crippen LogP contribution < -0.4 is 38.9 Å². The van der Waals surface area contributed by atoms with E-state index in [1.54, 1.807) is 0 Å². The second-order valence-corrected chi connectivity index (χ2v) is 7.68. The maximum Gasteiger partial charge on any atom is 0.326 e. The molecule has 0 aliphatic carbocycles. The molecule has 0 rings (SSSR count). The van der Waals surface area contributed by atoms with Gasteiger partial charge < -0.3 is 49.1 Å². The maximum absolute atomic E-state index is 12.6. The van der Waals surface area contributed by atoms with Crippen LogP contribution in [0.2, 0.25) is 0 Å². The molecule has 198 valence electrons. The van der Waals surface area contributed by atoms with Crippen molar-refractivity contribution in [2.45, 2.75) is 69.6 Å². The van der Waals surface area contributed by atoms with Crippen molar-refractivity contribution < 1.29 is 39.0 Å². The van der Waals surface area contributed by atoms with Gasteiger partial charge in [0.15, 0.2) is 5.96 Å². The van der Waals surface area contributed by atoms with Gasteiger partial charge in [-0.3, -0.25) is 29.0 Å². The molecule has 0 aromatic rings. The summed E-state index contributed by atoms with van der Waals surface area (Å²) in [6.07, 6.45) is -0.867. The molecule has 4 atom stereocenters. The predicted octanol–water partition coefficient (Wildman–Crippen LogP) is -3.94. The van der Waals surface area contributed by atoms with Crippen LogP contribution in [0.5, 0.6) is 0 Å². The van der Waals surface area contributed by atoms with Gasteiger partial charge in [0.25, 0.3) is 0 Å². The van der Waals surface area contributed by atoms with E-state index in [4.69, 9.17) is 28.0 Å². The minimum Gasteiger partial charge on any atom is -0.481 e. The van der Waals surface area contributed by atoms with Crippen LogP contribution in [0, 0.1) is 0 Å². The number of carbonyl (C=O) groups excluding carboxylic acids is 4. The molecule has 0 saturated carbocycles. The normalized spacial score (nSPS) is 13.9. The second-order valence-electron chi connectivity index (χ2n) is 7.68. The number of amides is 4. The minimum absolute atomic E-state index is 0.0997. The molecule has 0 bridgehead atoms. The Morgan fingerprint density at radius 1 is 0.800 bits per heavy atom. The Balaban J connectivity index is 5.09. The van der Waals surface area contributed by atoms with Crippen molar-refractivity contribution in [2.24, 2.45) is 27.9 Å². The Labute approximate surface area is 201 Å². The number of carboxylic acid groups (broad SMARTS) is 2. The van der Waals surface area contributed by atoms with Crippen molar-refractivity contribution in [1.29, 1.82) is 0 Å². The number of hydrogen-bond acceptors (Lipinski definition) is 8. The van der Waals surface area contributed by atoms with Crippen molar-refractivity contribution in [1.82, 2.24) is 16.0 Å². The molecule has 0 unspecified atom stereocenters. The molecular formula is C19H34N8O8. The fourth-order valence-electron chi connectivity index (χ4n) is 2.69. The molecule has 0 aromatic carbocycles. The molecule has 0 heterocycles. The first-order chi connectivity index (χ1) is 16.2. The molecule has 0 aliphatic rings. The van der Waals surface area contributed by atoms with Crippen molar-refractivity contribution in [3.63, 3.8) is 0 Å². The van der Waals surface area contributed by atoms with Crippen molar-refractivity contribution in [3.05, 3.63) is 0 Å². The Morgan fingerprint density at radius 2 is 1.37 bits per heavy atom. The molecule has 4 amide bonds. The van der Waals surface area contributed by atoms with Crippen molar-refractivity contribution >= 4 is 41.5 Å². The Kier molecular flexibility index (Phi) is 14.0. The second kappa shape index (κ2) is 15.8. The van der Waals surface area contributed by atoms with Gasteiger partial charge in [0.2, 0.25) is 23.6 Å². The number of carboxylic acids is 2. The number of aliphatic carboxylic acids is 2. The summed E-state index contributed by atoms with van der Waals surface area (Å²) in [5.74, 6) is -6.04. The van der Waals surface area contributed by atoms with Crippen LogP contribution in [-0.2, 0) is 28.8 Å². The van der Waals surface area contributed by atoms with Crippen LogP contribution in [0.3, 0.4) is 0 Å². The fourth-order valence-corrected chi connectivity index (χ4v) is 2.69. The molecule has 16 nitrogen and oxygen atoms in total. The molecule has 16 heteroatoms. The SMILES string of the molecule is C[C@H](NC(=O)[C@@H](N)CCCN=C(N)N)C(=O)N[C@@H](CCC(=O)O)C(=O)N[C@@H](CCC(N)=O)C(=O)O. The quantitative estimate of drug-likeness (QED) is 0.0525. The molecular weight excluding hydrogens is 468 g/mol. The zero-order valence-electron chi connectivity index (χ0n) is 19.4. The highest BCUT2D eigenvalue weighted by Gasteiger charge is 2.29. The number of nitrogens with one attached hydrogen (secondary N) is 3. The summed E-state index contributed by atoms with van der Waals surface area (Å²) in [4.78, 5) is 74.2. The summed E-state index contributed by atoms with van der Waals surface area (Å²) in [6.45, 7) is 1.58. The van der Waals surface area contributed by atoms with Crippen LogP contribution >= 0.6 is 0 Å². The largest absolute Gasteiger partial charge is 0.481 e. The smallest absolute Gasteiger partial charge is 0.326 e. The maximum atomic E-state index is 12.6. The number of primary amides is 1. The Bertz CT molecular complexity index is 815. The summed E-state index contributed by atoms with van der Waals surface area (Å²) in [5, 5.41) is 25.0. The average molecular weight is 503 g/mol. The van der Waals surface area contributed by atoms with E-state index in [0.29, 0.717) is 6.42 Å². The highest BCUT2D eigenvalue weighted by molar-refractivity contribution is 5.94. The zero-order chi connectivity index (χ0) is 27.1. The van der Waals surface area contributed by atoms with E-state index in [-0.39, 0.29) is 38.2 Å². The molecule has 0 aliphatic heterocycles. The van der Waals surface area contributed by atoms with Gasteiger partial charge in [-0.2, -0.15) is 0 Å². The monoisotopic (exact) mass is 502 g/mol. The molecule has 0 spiro atoms. The highest BCUT2D eigenvalue weighted by Crippen LogP contribution is 2.04. The van der Waals surface area contributed by atoms with Gasteiger partial charge in [-0.15, -0.1) is 0 Å². The van der Waals surface area contributed by atoms with E-state index in [2.05, 4.69) is 20.9 Å². The van der Waals surface area contributed by atoms with Crippen LogP contribution in [0.1, 0.15) is 45.4 Å². The van der Waals surface area contributed by atoms with Crippen LogP contribution in [0.4, 0.5) is 0 Å². The van der Waals surface area contributed by atoms with Crippen LogP contribution in [0.15, 0.2) is 4.99 Å². The minimum atomic E-state index is -1.49. The zero-order valence-corrected chi connectivity index (χ0v) is 19.4. The molecule has 13 N–H and O–H groups in total. The lowest BCUT2D eigenvalue weighted by atomic mass is 10.1. The molecule has 0 radical (unpaired) electrons. The lowest BCUT2D eigenvalue weighted by Gasteiger charge is -2.23. The summed E-state index contributed by atoms with van der Waals surface area (Å²) < 4.78 is 0. The van der Waals surface area contributed by atoms with Crippen molar-refractivity contribution in [3.8, 4) is 0 Å². The predicted molar refractivity (Wildman–Crippen MR) is 122 cm³/mol. The van der Waals surface area contributed by atoms with E-state index in [0.717, 1.165) is 0 Å². The van der Waals surface area contributed by atoms with Gasteiger partial charge in [0.1, 0.15) is 18.1 Å². The first-order valence-electron chi connectivity index (χ1n) is 10.7. The number of hydrogen-bond donors (Lipinski definition) is 9. The van der Waals surface area contributed by atoms with Gasteiger partial charge in [-0.1, -0.05) is 0 Å². The van der Waals surface area contributed by atoms with Crippen molar-refractivity contribution in [2.75, 3.05) is 6.54 Å². The Morgan fingerprint density at radius 3 is 1.89 bits per heavy atom. The number of nitrogens with zero attached hydrogens (tertiary/aromatic N) is 1. The first-order valence-corrected chi connectivity index (χ1v) is 10.7. The third-order valence-corrected chi connectivity index (χ3v) is 4.63. The third kappa shape index (κ3) is 14.0. The van der Waals surface area contributed by atoms with Gasteiger partial charge in [0.05, 0.1) is 6.04 Å². The van der Waals surface area contributed by atoms with E-state index in [9.17, 15) is 33.9 Å². The molecule has 0 aromatic heterocycles. The van der Waals surface area contributed by atoms with Gasteiger partial charge in [-0.05, 0) is 32.6 Å². The van der Waals surface area contributed by atoms with Crippen LogP contribution in [0.25, 0.3) is 0 Å². The topological polar surface area (TPSA) is 295 Å². The van der Waals surface area contributed by atoms with Gasteiger partial charge >= 0.3 is 11.9 Å². The summed E-state index contributed by atoms with van der Waals surface area (Å²) in [6, 6.07) is -5.04. The summed E-state index contributed by atoms with van der Waals surface area (Å²) in [5.41, 5.74) is 21.2. The highest BCUT2D eigenvalue weighted by atomic mass is 16.4.